The highest BCUT2D eigenvalue weighted by Crippen LogP contribution is 1.93. The lowest BCUT2D eigenvalue weighted by Crippen LogP contribution is -2.10. The van der Waals surface area contributed by atoms with Crippen molar-refractivity contribution in [3.05, 3.63) is 24.4 Å². The molecule has 0 amide bonds. The molecule has 0 unspecified atom stereocenters. The largest absolute Gasteiger partial charge is 0.283 e. The van der Waals surface area contributed by atoms with Crippen molar-refractivity contribution in [2.24, 2.45) is 0 Å². The Morgan fingerprint density at radius 2 is 2.22 bits per heavy atom. The molecule has 0 spiro atoms. The molecule has 1 aliphatic heterocycles. The zero-order valence-corrected chi connectivity index (χ0v) is 5.64. The molecule has 1 aliphatic rings. The normalized spacial score (nSPS) is 14.3. The highest BCUT2D eigenvalue weighted by Gasteiger charge is 1.92. The molecule has 0 saturated heterocycles. The third kappa shape index (κ3) is 2.20. The average Bonchev–Trinajstić information content (AvgIpc) is 1.90. The van der Waals surface area contributed by atoms with E-state index in [0.29, 0.717) is 6.54 Å². The first kappa shape index (κ1) is 8.06. The maximum Gasteiger partial charge on any atom is 0.184 e. The second-order valence-electron chi connectivity index (χ2n) is 1.52. The monoisotopic (exact) mass is 142 g/mol. The van der Waals surface area contributed by atoms with Crippen molar-refractivity contribution in [1.29, 1.82) is 5.26 Å². The number of allylic oxidation sites excluding steroid dienone is 2. The fraction of sp³-hybridized carbons (Fsp3) is 0.167. The Morgan fingerprint density at radius 1 is 1.44 bits per heavy atom. The van der Waals surface area contributed by atoms with Gasteiger partial charge in [-0.2, -0.15) is 5.26 Å². The Kier molecular flexibility index (Phi) is 3.57. The van der Waals surface area contributed by atoms with E-state index >= 15 is 0 Å². The maximum absolute atomic E-state index is 8.28. The maximum atomic E-state index is 8.28. The zero-order valence-electron chi connectivity index (χ0n) is 4.82. The number of halogens is 1. The lowest BCUT2D eigenvalue weighted by atomic mass is 10.4. The summed E-state index contributed by atoms with van der Waals surface area (Å²) in [5, 5.41) is 8.28. The number of hydrogen-bond acceptors (Lipinski definition) is 2. The molecule has 0 atom stereocenters. The SMILES string of the molecule is Cl.N#CN1C=CC=CC1. The number of rotatable bonds is 0. The van der Waals surface area contributed by atoms with Gasteiger partial charge in [0.15, 0.2) is 6.19 Å². The summed E-state index contributed by atoms with van der Waals surface area (Å²) < 4.78 is 0. The van der Waals surface area contributed by atoms with Crippen LogP contribution in [0, 0.1) is 11.5 Å². The van der Waals surface area contributed by atoms with Crippen LogP contribution in [0.5, 0.6) is 0 Å². The van der Waals surface area contributed by atoms with Gasteiger partial charge in [-0.05, 0) is 6.08 Å². The van der Waals surface area contributed by atoms with Gasteiger partial charge in [-0.25, -0.2) is 0 Å². The Bertz CT molecular complexity index is 166. The van der Waals surface area contributed by atoms with E-state index < -0.39 is 0 Å². The number of hydrogen-bond donors (Lipinski definition) is 0. The van der Waals surface area contributed by atoms with Crippen molar-refractivity contribution in [1.82, 2.24) is 4.90 Å². The highest BCUT2D eigenvalue weighted by molar-refractivity contribution is 5.85. The summed E-state index contributed by atoms with van der Waals surface area (Å²) in [6.45, 7) is 0.715. The minimum atomic E-state index is 0. The smallest absolute Gasteiger partial charge is 0.184 e. The molecule has 0 fully saturated rings. The van der Waals surface area contributed by atoms with Crippen LogP contribution >= 0.6 is 12.4 Å². The summed E-state index contributed by atoms with van der Waals surface area (Å²) in [4.78, 5) is 1.56. The minimum Gasteiger partial charge on any atom is -0.283 e. The van der Waals surface area contributed by atoms with Crippen LogP contribution < -0.4 is 0 Å². The van der Waals surface area contributed by atoms with E-state index in [2.05, 4.69) is 0 Å². The molecule has 0 aromatic heterocycles. The van der Waals surface area contributed by atoms with Crippen LogP contribution in [0.3, 0.4) is 0 Å². The molecule has 1 rings (SSSR count). The first-order valence-corrected chi connectivity index (χ1v) is 2.43. The summed E-state index contributed by atoms with van der Waals surface area (Å²) in [5.41, 5.74) is 0. The summed E-state index contributed by atoms with van der Waals surface area (Å²) >= 11 is 0. The van der Waals surface area contributed by atoms with E-state index in [4.69, 9.17) is 5.26 Å². The molecular formula is C6H7ClN2. The zero-order chi connectivity index (χ0) is 5.82. The molecule has 0 saturated carbocycles. The van der Waals surface area contributed by atoms with E-state index in [1.54, 1.807) is 11.1 Å². The van der Waals surface area contributed by atoms with Crippen LogP contribution in [-0.2, 0) is 0 Å². The molecule has 9 heavy (non-hydrogen) atoms. The van der Waals surface area contributed by atoms with Crippen LogP contribution in [0.1, 0.15) is 0 Å². The van der Waals surface area contributed by atoms with Gasteiger partial charge in [0.05, 0.1) is 6.54 Å². The standard InChI is InChI=1S/C6H6N2.ClH/c7-6-8-4-2-1-3-5-8;/h1-4H,5H2;1H. The summed E-state index contributed by atoms with van der Waals surface area (Å²) in [6, 6.07) is 0. The van der Waals surface area contributed by atoms with Crippen LogP contribution in [0.2, 0.25) is 0 Å². The van der Waals surface area contributed by atoms with E-state index in [9.17, 15) is 0 Å². The Morgan fingerprint density at radius 3 is 2.56 bits per heavy atom. The van der Waals surface area contributed by atoms with Crippen LogP contribution in [0.4, 0.5) is 0 Å². The molecule has 3 heteroatoms. The van der Waals surface area contributed by atoms with Gasteiger partial charge in [0.25, 0.3) is 0 Å². The van der Waals surface area contributed by atoms with Crippen LogP contribution in [-0.4, -0.2) is 11.4 Å². The van der Waals surface area contributed by atoms with Gasteiger partial charge in [-0.3, -0.25) is 4.90 Å². The molecule has 0 N–H and O–H groups in total. The molecule has 2 nitrogen and oxygen atoms in total. The average molecular weight is 143 g/mol. The highest BCUT2D eigenvalue weighted by atomic mass is 35.5. The second-order valence-corrected chi connectivity index (χ2v) is 1.52. The van der Waals surface area contributed by atoms with Crippen molar-refractivity contribution in [3.63, 3.8) is 0 Å². The molecule has 0 radical (unpaired) electrons. The second kappa shape index (κ2) is 3.99. The quantitative estimate of drug-likeness (QED) is 0.477. The Hall–Kier alpha value is -0.940. The summed E-state index contributed by atoms with van der Waals surface area (Å²) in [6.07, 6.45) is 9.45. The third-order valence-corrected chi connectivity index (χ3v) is 0.944. The van der Waals surface area contributed by atoms with Gasteiger partial charge in [0, 0.05) is 6.20 Å². The number of nitrogens with zero attached hydrogens (tertiary/aromatic N) is 2. The van der Waals surface area contributed by atoms with Crippen molar-refractivity contribution in [2.45, 2.75) is 0 Å². The van der Waals surface area contributed by atoms with Crippen molar-refractivity contribution in [3.8, 4) is 6.19 Å². The van der Waals surface area contributed by atoms with Gasteiger partial charge in [0.1, 0.15) is 0 Å². The van der Waals surface area contributed by atoms with Gasteiger partial charge in [0.2, 0.25) is 0 Å². The fourth-order valence-corrected chi connectivity index (χ4v) is 0.542. The van der Waals surface area contributed by atoms with E-state index in [1.807, 2.05) is 24.4 Å². The van der Waals surface area contributed by atoms with Gasteiger partial charge >= 0.3 is 0 Å². The fourth-order valence-electron chi connectivity index (χ4n) is 0.542. The van der Waals surface area contributed by atoms with Crippen molar-refractivity contribution < 1.29 is 0 Å². The Labute approximate surface area is 60.5 Å². The third-order valence-electron chi connectivity index (χ3n) is 0.944. The summed E-state index contributed by atoms with van der Waals surface area (Å²) in [7, 11) is 0. The van der Waals surface area contributed by atoms with Gasteiger partial charge in [-0.15, -0.1) is 12.4 Å². The molecule has 0 aromatic rings. The minimum absolute atomic E-state index is 0. The van der Waals surface area contributed by atoms with Gasteiger partial charge in [-0.1, -0.05) is 12.2 Å². The predicted octanol–water partition coefficient (Wildman–Crippen LogP) is 1.27. The molecular weight excluding hydrogens is 136 g/mol. The van der Waals surface area contributed by atoms with Crippen LogP contribution in [0.15, 0.2) is 24.4 Å². The van der Waals surface area contributed by atoms with Crippen molar-refractivity contribution >= 4 is 12.4 Å². The topological polar surface area (TPSA) is 27.0 Å². The molecule has 48 valence electrons. The first-order valence-electron chi connectivity index (χ1n) is 2.43. The summed E-state index contributed by atoms with van der Waals surface area (Å²) in [5.74, 6) is 0. The lowest BCUT2D eigenvalue weighted by molar-refractivity contribution is 0.581. The molecule has 0 aliphatic carbocycles. The van der Waals surface area contributed by atoms with Gasteiger partial charge < -0.3 is 0 Å². The van der Waals surface area contributed by atoms with Crippen LogP contribution in [0.25, 0.3) is 0 Å². The molecule has 0 bridgehead atoms. The number of nitriles is 1. The Balaban J connectivity index is 0.000000640. The first-order chi connectivity index (χ1) is 3.93. The lowest BCUT2D eigenvalue weighted by Gasteiger charge is -2.07. The predicted molar refractivity (Wildman–Crippen MR) is 37.8 cm³/mol. The van der Waals surface area contributed by atoms with E-state index in [0.717, 1.165) is 0 Å². The van der Waals surface area contributed by atoms with E-state index in [-0.39, 0.29) is 12.4 Å². The molecule has 0 aromatic carbocycles. The molecule has 1 heterocycles. The van der Waals surface area contributed by atoms with Crippen molar-refractivity contribution in [2.75, 3.05) is 6.54 Å². The van der Waals surface area contributed by atoms with E-state index in [1.165, 1.54) is 0 Å².